The van der Waals surface area contributed by atoms with E-state index in [1.54, 1.807) is 0 Å². The summed E-state index contributed by atoms with van der Waals surface area (Å²) >= 11 is 0. The lowest BCUT2D eigenvalue weighted by Gasteiger charge is -2.53. The molecule has 4 saturated carbocycles. The SMILES string of the molecule is O=C(O)c1cnc(C2C3CC4CC(C3)CC2C4)[nH]c1=O. The largest absolute Gasteiger partial charge is 0.477 e. The quantitative estimate of drug-likeness (QED) is 0.864. The second kappa shape index (κ2) is 4.17. The van der Waals surface area contributed by atoms with E-state index in [1.165, 1.54) is 38.3 Å². The summed E-state index contributed by atoms with van der Waals surface area (Å²) in [4.78, 5) is 29.7. The number of nitrogens with one attached hydrogen (secondary N) is 1. The Hall–Kier alpha value is -1.65. The summed E-state index contributed by atoms with van der Waals surface area (Å²) in [7, 11) is 0. The summed E-state index contributed by atoms with van der Waals surface area (Å²) in [5.74, 6) is 2.84. The normalized spacial score (nSPS) is 38.1. The van der Waals surface area contributed by atoms with Crippen LogP contribution in [0.2, 0.25) is 0 Å². The molecule has 1 heterocycles. The van der Waals surface area contributed by atoms with Crippen molar-refractivity contribution in [2.24, 2.45) is 23.7 Å². The molecule has 0 atom stereocenters. The second-order valence-corrected chi connectivity index (χ2v) is 6.77. The molecule has 0 aromatic carbocycles. The molecular formula is C15H18N2O3. The number of rotatable bonds is 2. The van der Waals surface area contributed by atoms with E-state index in [1.807, 2.05) is 0 Å². The third-order valence-electron chi connectivity index (χ3n) is 5.59. The van der Waals surface area contributed by atoms with Crippen molar-refractivity contribution in [1.82, 2.24) is 9.97 Å². The molecule has 106 valence electrons. The van der Waals surface area contributed by atoms with Gasteiger partial charge in [-0.3, -0.25) is 4.79 Å². The van der Waals surface area contributed by atoms with Gasteiger partial charge >= 0.3 is 5.97 Å². The molecule has 0 spiro atoms. The minimum absolute atomic E-state index is 0.266. The first-order valence-electron chi connectivity index (χ1n) is 7.44. The minimum Gasteiger partial charge on any atom is -0.477 e. The predicted molar refractivity (Wildman–Crippen MR) is 71.6 cm³/mol. The average Bonchev–Trinajstić information content (AvgIpc) is 2.37. The maximum absolute atomic E-state index is 11.8. The molecular weight excluding hydrogens is 256 g/mol. The number of hydrogen-bond acceptors (Lipinski definition) is 3. The number of aromatic carboxylic acids is 1. The van der Waals surface area contributed by atoms with E-state index in [4.69, 9.17) is 5.11 Å². The van der Waals surface area contributed by atoms with Crippen molar-refractivity contribution in [1.29, 1.82) is 0 Å². The van der Waals surface area contributed by atoms with E-state index in [2.05, 4.69) is 9.97 Å². The van der Waals surface area contributed by atoms with Crippen molar-refractivity contribution < 1.29 is 9.90 Å². The van der Waals surface area contributed by atoms with Crippen molar-refractivity contribution in [2.45, 2.75) is 38.0 Å². The fraction of sp³-hybridized carbons (Fsp3) is 0.667. The lowest BCUT2D eigenvalue weighted by molar-refractivity contribution is -0.00574. The van der Waals surface area contributed by atoms with Crippen LogP contribution in [0.4, 0.5) is 0 Å². The first kappa shape index (κ1) is 12.1. The van der Waals surface area contributed by atoms with Crippen molar-refractivity contribution in [3.63, 3.8) is 0 Å². The Kier molecular flexibility index (Phi) is 2.53. The number of aromatic nitrogens is 2. The number of carbonyl (C=O) groups is 1. The van der Waals surface area contributed by atoms with E-state index in [9.17, 15) is 9.59 Å². The molecule has 2 N–H and O–H groups in total. The molecule has 0 saturated heterocycles. The van der Waals surface area contributed by atoms with Gasteiger partial charge in [0.15, 0.2) is 0 Å². The summed E-state index contributed by atoms with van der Waals surface area (Å²) < 4.78 is 0. The van der Waals surface area contributed by atoms with Crippen LogP contribution < -0.4 is 5.56 Å². The van der Waals surface area contributed by atoms with Gasteiger partial charge in [-0.15, -0.1) is 0 Å². The Morgan fingerprint density at radius 2 is 1.75 bits per heavy atom. The van der Waals surface area contributed by atoms with Gasteiger partial charge in [-0.25, -0.2) is 9.78 Å². The highest BCUT2D eigenvalue weighted by Gasteiger charge is 2.49. The lowest BCUT2D eigenvalue weighted by Crippen LogP contribution is -2.44. The molecule has 5 rings (SSSR count). The maximum atomic E-state index is 11.8. The van der Waals surface area contributed by atoms with Crippen molar-refractivity contribution >= 4 is 5.97 Å². The molecule has 0 amide bonds. The first-order valence-corrected chi connectivity index (χ1v) is 7.44. The Morgan fingerprint density at radius 1 is 1.15 bits per heavy atom. The van der Waals surface area contributed by atoms with Crippen LogP contribution in [-0.2, 0) is 0 Å². The summed E-state index contributed by atoms with van der Waals surface area (Å²) in [5.41, 5.74) is -0.783. The molecule has 0 aliphatic heterocycles. The molecule has 0 unspecified atom stereocenters. The number of nitrogens with zero attached hydrogens (tertiary/aromatic N) is 1. The van der Waals surface area contributed by atoms with Crippen LogP contribution in [0.25, 0.3) is 0 Å². The van der Waals surface area contributed by atoms with Crippen LogP contribution in [-0.4, -0.2) is 21.0 Å². The standard InChI is InChI=1S/C15H18N2O3/c18-14-11(15(19)20)6-16-13(17-14)12-9-2-7-1-8(4-9)5-10(12)3-7/h6-10,12H,1-5H2,(H,19,20)(H,16,17,18). The van der Waals surface area contributed by atoms with Crippen LogP contribution in [0, 0.1) is 23.7 Å². The molecule has 5 nitrogen and oxygen atoms in total. The minimum atomic E-state index is -1.21. The molecule has 20 heavy (non-hydrogen) atoms. The third-order valence-corrected chi connectivity index (χ3v) is 5.59. The van der Waals surface area contributed by atoms with Gasteiger partial charge in [0.25, 0.3) is 5.56 Å². The zero-order valence-electron chi connectivity index (χ0n) is 11.2. The van der Waals surface area contributed by atoms with Gasteiger partial charge in [0.05, 0.1) is 0 Å². The highest BCUT2D eigenvalue weighted by atomic mass is 16.4. The molecule has 4 aliphatic carbocycles. The van der Waals surface area contributed by atoms with Crippen LogP contribution in [0.15, 0.2) is 11.0 Å². The van der Waals surface area contributed by atoms with Crippen LogP contribution in [0.5, 0.6) is 0 Å². The second-order valence-electron chi connectivity index (χ2n) is 6.77. The van der Waals surface area contributed by atoms with E-state index >= 15 is 0 Å². The highest BCUT2D eigenvalue weighted by molar-refractivity contribution is 5.86. The van der Waals surface area contributed by atoms with Gasteiger partial charge in [-0.2, -0.15) is 0 Å². The van der Waals surface area contributed by atoms with Crippen molar-refractivity contribution in [2.75, 3.05) is 0 Å². The molecule has 1 aromatic heterocycles. The number of aromatic amines is 1. The van der Waals surface area contributed by atoms with E-state index < -0.39 is 11.5 Å². The van der Waals surface area contributed by atoms with Gasteiger partial charge in [0, 0.05) is 12.1 Å². The number of carboxylic acid groups (broad SMARTS) is 1. The highest BCUT2D eigenvalue weighted by Crippen LogP contribution is 2.59. The Balaban J connectivity index is 1.69. The summed E-state index contributed by atoms with van der Waals surface area (Å²) in [6.07, 6.45) is 7.62. The predicted octanol–water partition coefficient (Wildman–Crippen LogP) is 2.01. The maximum Gasteiger partial charge on any atom is 0.342 e. The zero-order valence-corrected chi connectivity index (χ0v) is 11.2. The number of H-pyrrole nitrogens is 1. The van der Waals surface area contributed by atoms with Crippen LogP contribution in [0.1, 0.15) is 54.2 Å². The fourth-order valence-corrected chi connectivity index (χ4v) is 5.10. The molecule has 4 aliphatic rings. The Bertz CT molecular complexity index is 594. The lowest BCUT2D eigenvalue weighted by atomic mass is 9.51. The molecule has 5 heteroatoms. The van der Waals surface area contributed by atoms with Gasteiger partial charge in [-0.05, 0) is 55.8 Å². The van der Waals surface area contributed by atoms with Crippen molar-refractivity contribution in [3.8, 4) is 0 Å². The molecule has 4 bridgehead atoms. The van der Waals surface area contributed by atoms with Gasteiger partial charge in [0.1, 0.15) is 11.4 Å². The van der Waals surface area contributed by atoms with Crippen LogP contribution >= 0.6 is 0 Å². The van der Waals surface area contributed by atoms with Crippen molar-refractivity contribution in [3.05, 3.63) is 27.9 Å². The number of hydrogen-bond donors (Lipinski definition) is 2. The molecule has 0 radical (unpaired) electrons. The zero-order chi connectivity index (χ0) is 13.9. The Morgan fingerprint density at radius 3 is 2.25 bits per heavy atom. The molecule has 4 fully saturated rings. The molecule has 1 aromatic rings. The van der Waals surface area contributed by atoms with E-state index in [0.717, 1.165) is 11.8 Å². The van der Waals surface area contributed by atoms with E-state index in [-0.39, 0.29) is 5.56 Å². The smallest absolute Gasteiger partial charge is 0.342 e. The average molecular weight is 274 g/mol. The third kappa shape index (κ3) is 1.72. The van der Waals surface area contributed by atoms with Gasteiger partial charge < -0.3 is 10.1 Å². The summed E-state index contributed by atoms with van der Waals surface area (Å²) in [6, 6.07) is 0. The topological polar surface area (TPSA) is 83.0 Å². The summed E-state index contributed by atoms with van der Waals surface area (Å²) in [5, 5.41) is 8.91. The monoisotopic (exact) mass is 274 g/mol. The van der Waals surface area contributed by atoms with Crippen LogP contribution in [0.3, 0.4) is 0 Å². The first-order chi connectivity index (χ1) is 9.61. The number of carboxylic acids is 1. The van der Waals surface area contributed by atoms with Gasteiger partial charge in [-0.1, -0.05) is 0 Å². The summed E-state index contributed by atoms with van der Waals surface area (Å²) in [6.45, 7) is 0. The van der Waals surface area contributed by atoms with E-state index in [0.29, 0.717) is 23.6 Å². The fourth-order valence-electron chi connectivity index (χ4n) is 5.10. The Labute approximate surface area is 116 Å². The van der Waals surface area contributed by atoms with Gasteiger partial charge in [0.2, 0.25) is 0 Å².